The van der Waals surface area contributed by atoms with Gasteiger partial charge < -0.3 is 5.11 Å². The van der Waals surface area contributed by atoms with Crippen LogP contribution in [0.2, 0.25) is 0 Å². The molecule has 0 radical (unpaired) electrons. The van der Waals surface area contributed by atoms with E-state index in [0.717, 1.165) is 6.42 Å². The molecular formula is C19H21N3O2. The molecule has 4 aliphatic carbocycles. The summed E-state index contributed by atoms with van der Waals surface area (Å²) in [6.07, 6.45) is 10.6. The molecular weight excluding hydrogens is 302 g/mol. The van der Waals surface area contributed by atoms with Crippen LogP contribution in [0.4, 0.5) is 0 Å². The van der Waals surface area contributed by atoms with Crippen molar-refractivity contribution in [1.29, 1.82) is 0 Å². The van der Waals surface area contributed by atoms with Crippen LogP contribution >= 0.6 is 0 Å². The standard InChI is InChI=1S/C19H21N3O2/c23-17(24)15-2-1-3-16(5-15)18-6-13-4-14(7-18)9-19(8-13,10-18)22-12-20-11-21-22/h1-3,5,11-14H,4,6-10H2,(H,23,24). The Morgan fingerprint density at radius 3 is 2.67 bits per heavy atom. The molecule has 1 aromatic heterocycles. The second-order valence-electron chi connectivity index (χ2n) is 8.19. The van der Waals surface area contributed by atoms with Gasteiger partial charge in [0.2, 0.25) is 0 Å². The first-order valence-corrected chi connectivity index (χ1v) is 8.78. The van der Waals surface area contributed by atoms with Crippen molar-refractivity contribution < 1.29 is 9.90 Å². The molecule has 0 spiro atoms. The van der Waals surface area contributed by atoms with Crippen LogP contribution in [0.3, 0.4) is 0 Å². The zero-order chi connectivity index (χ0) is 16.4. The molecule has 124 valence electrons. The van der Waals surface area contributed by atoms with E-state index >= 15 is 0 Å². The van der Waals surface area contributed by atoms with Crippen LogP contribution in [0.5, 0.6) is 0 Å². The molecule has 2 unspecified atom stereocenters. The van der Waals surface area contributed by atoms with E-state index in [-0.39, 0.29) is 11.0 Å². The van der Waals surface area contributed by atoms with Crippen molar-refractivity contribution in [3.8, 4) is 0 Å². The number of aromatic nitrogens is 3. The third-order valence-corrected chi connectivity index (χ3v) is 6.66. The number of carboxylic acids is 1. The molecule has 2 atom stereocenters. The minimum atomic E-state index is -0.840. The van der Waals surface area contributed by atoms with Gasteiger partial charge in [0, 0.05) is 0 Å². The number of carboxylic acid groups (broad SMARTS) is 1. The summed E-state index contributed by atoms with van der Waals surface area (Å²) in [4.78, 5) is 15.6. The molecule has 0 aliphatic heterocycles. The van der Waals surface area contributed by atoms with Gasteiger partial charge in [0.05, 0.1) is 11.1 Å². The van der Waals surface area contributed by atoms with Gasteiger partial charge in [-0.05, 0) is 73.5 Å². The topological polar surface area (TPSA) is 68.0 Å². The van der Waals surface area contributed by atoms with Gasteiger partial charge in [0.1, 0.15) is 12.7 Å². The minimum absolute atomic E-state index is 0.0693. The molecule has 4 fully saturated rings. The van der Waals surface area contributed by atoms with Gasteiger partial charge in [-0.1, -0.05) is 12.1 Å². The second kappa shape index (κ2) is 4.68. The van der Waals surface area contributed by atoms with E-state index in [2.05, 4.69) is 20.8 Å². The summed E-state index contributed by atoms with van der Waals surface area (Å²) in [6.45, 7) is 0. The van der Waals surface area contributed by atoms with E-state index < -0.39 is 5.97 Å². The lowest BCUT2D eigenvalue weighted by Gasteiger charge is -2.62. The molecule has 5 nitrogen and oxygen atoms in total. The first-order valence-electron chi connectivity index (χ1n) is 8.78. The number of rotatable bonds is 3. The van der Waals surface area contributed by atoms with Gasteiger partial charge in [-0.25, -0.2) is 14.5 Å². The van der Waals surface area contributed by atoms with Crippen LogP contribution in [-0.4, -0.2) is 25.8 Å². The summed E-state index contributed by atoms with van der Waals surface area (Å²) in [5, 5.41) is 13.9. The molecule has 4 aliphatic rings. The second-order valence-corrected chi connectivity index (χ2v) is 8.19. The van der Waals surface area contributed by atoms with Crippen molar-refractivity contribution in [3.05, 3.63) is 48.0 Å². The van der Waals surface area contributed by atoms with Crippen LogP contribution in [-0.2, 0) is 11.0 Å². The fourth-order valence-corrected chi connectivity index (χ4v) is 6.26. The molecule has 1 N–H and O–H groups in total. The fraction of sp³-hybridized carbons (Fsp3) is 0.526. The van der Waals surface area contributed by atoms with Crippen molar-refractivity contribution in [3.63, 3.8) is 0 Å². The smallest absolute Gasteiger partial charge is 0.335 e. The van der Waals surface area contributed by atoms with Crippen molar-refractivity contribution >= 4 is 5.97 Å². The van der Waals surface area contributed by atoms with Gasteiger partial charge in [-0.15, -0.1) is 0 Å². The van der Waals surface area contributed by atoms with Crippen molar-refractivity contribution in [2.75, 3.05) is 0 Å². The van der Waals surface area contributed by atoms with Crippen LogP contribution < -0.4 is 0 Å². The summed E-state index contributed by atoms with van der Waals surface area (Å²) < 4.78 is 2.10. The molecule has 0 saturated heterocycles. The lowest BCUT2D eigenvalue weighted by Crippen LogP contribution is -2.58. The average molecular weight is 323 g/mol. The monoisotopic (exact) mass is 323 g/mol. The summed E-state index contributed by atoms with van der Waals surface area (Å²) in [5.74, 6) is 0.584. The maximum Gasteiger partial charge on any atom is 0.335 e. The molecule has 24 heavy (non-hydrogen) atoms. The minimum Gasteiger partial charge on any atom is -0.478 e. The van der Waals surface area contributed by atoms with E-state index in [0.29, 0.717) is 17.4 Å². The Hall–Kier alpha value is -2.17. The zero-order valence-corrected chi connectivity index (χ0v) is 13.6. The lowest BCUT2D eigenvalue weighted by atomic mass is 9.45. The van der Waals surface area contributed by atoms with Gasteiger partial charge in [0.25, 0.3) is 0 Å². The predicted octanol–water partition coefficient (Wildman–Crippen LogP) is 3.22. The Kier molecular flexibility index (Phi) is 2.77. The summed E-state index contributed by atoms with van der Waals surface area (Å²) in [7, 11) is 0. The van der Waals surface area contributed by atoms with Gasteiger partial charge >= 0.3 is 5.97 Å². The number of aromatic carboxylic acids is 1. The quantitative estimate of drug-likeness (QED) is 0.941. The molecule has 4 bridgehead atoms. The van der Waals surface area contributed by atoms with Crippen molar-refractivity contribution in [1.82, 2.24) is 14.8 Å². The lowest BCUT2D eigenvalue weighted by molar-refractivity contribution is -0.0686. The number of carbonyl (C=O) groups is 1. The number of nitrogens with zero attached hydrogens (tertiary/aromatic N) is 3. The van der Waals surface area contributed by atoms with Crippen LogP contribution in [0, 0.1) is 11.8 Å². The number of benzene rings is 1. The van der Waals surface area contributed by atoms with Gasteiger partial charge in [-0.2, -0.15) is 5.10 Å². The summed E-state index contributed by atoms with van der Waals surface area (Å²) >= 11 is 0. The highest BCUT2D eigenvalue weighted by atomic mass is 16.4. The predicted molar refractivity (Wildman–Crippen MR) is 87.8 cm³/mol. The van der Waals surface area contributed by atoms with E-state index in [1.807, 2.05) is 18.5 Å². The van der Waals surface area contributed by atoms with Crippen LogP contribution in [0.25, 0.3) is 0 Å². The Morgan fingerprint density at radius 1 is 1.21 bits per heavy atom. The average Bonchev–Trinajstić information content (AvgIpc) is 3.09. The third-order valence-electron chi connectivity index (χ3n) is 6.66. The number of hydrogen-bond donors (Lipinski definition) is 1. The Balaban J connectivity index is 1.61. The van der Waals surface area contributed by atoms with Crippen molar-refractivity contribution in [2.24, 2.45) is 11.8 Å². The summed E-state index contributed by atoms with van der Waals surface area (Å²) in [5.41, 5.74) is 1.78. The normalized spacial score (nSPS) is 36.8. The molecule has 4 saturated carbocycles. The first kappa shape index (κ1) is 14.2. The Labute approximate surface area is 140 Å². The Bertz CT molecular complexity index is 785. The zero-order valence-electron chi connectivity index (χ0n) is 13.6. The molecule has 0 amide bonds. The van der Waals surface area contributed by atoms with E-state index in [1.165, 1.54) is 37.7 Å². The molecule has 1 heterocycles. The van der Waals surface area contributed by atoms with Crippen LogP contribution in [0.15, 0.2) is 36.9 Å². The maximum atomic E-state index is 11.4. The third kappa shape index (κ3) is 1.90. The largest absolute Gasteiger partial charge is 0.478 e. The highest BCUT2D eigenvalue weighted by molar-refractivity contribution is 5.87. The van der Waals surface area contributed by atoms with Gasteiger partial charge in [-0.3, -0.25) is 0 Å². The molecule has 5 heteroatoms. The maximum absolute atomic E-state index is 11.4. The van der Waals surface area contributed by atoms with Crippen LogP contribution in [0.1, 0.15) is 54.4 Å². The SMILES string of the molecule is O=C(O)c1cccc(C23CC4CC(C2)CC(n2cncn2)(C4)C3)c1. The first-order chi connectivity index (χ1) is 11.6. The summed E-state index contributed by atoms with van der Waals surface area (Å²) in [6, 6.07) is 7.64. The molecule has 6 rings (SSSR count). The van der Waals surface area contributed by atoms with E-state index in [4.69, 9.17) is 0 Å². The highest BCUT2D eigenvalue weighted by Crippen LogP contribution is 2.64. The number of hydrogen-bond acceptors (Lipinski definition) is 3. The highest BCUT2D eigenvalue weighted by Gasteiger charge is 2.59. The van der Waals surface area contributed by atoms with Crippen molar-refractivity contribution in [2.45, 2.75) is 49.5 Å². The molecule has 1 aromatic carbocycles. The Morgan fingerprint density at radius 2 is 2.00 bits per heavy atom. The van der Waals surface area contributed by atoms with E-state index in [9.17, 15) is 9.90 Å². The fourth-order valence-electron chi connectivity index (χ4n) is 6.26. The molecule has 2 aromatic rings. The van der Waals surface area contributed by atoms with Gasteiger partial charge in [0.15, 0.2) is 0 Å². The van der Waals surface area contributed by atoms with E-state index in [1.54, 1.807) is 12.4 Å².